The maximum Gasteiger partial charge on any atom is 0.220 e. The Morgan fingerprint density at radius 2 is 2.10 bits per heavy atom. The van der Waals surface area contributed by atoms with Crippen LogP contribution in [0.2, 0.25) is 0 Å². The van der Waals surface area contributed by atoms with Crippen molar-refractivity contribution in [3.8, 4) is 6.07 Å². The highest BCUT2D eigenvalue weighted by molar-refractivity contribution is 5.95. The van der Waals surface area contributed by atoms with Crippen molar-refractivity contribution in [1.82, 2.24) is 0 Å². The molecule has 1 aliphatic rings. The zero-order valence-electron chi connectivity index (χ0n) is 12.3. The minimum Gasteiger partial charge on any atom is -0.477 e. The Balaban J connectivity index is 2.24. The van der Waals surface area contributed by atoms with E-state index < -0.39 is 0 Å². The van der Waals surface area contributed by atoms with Gasteiger partial charge in [0.2, 0.25) is 5.90 Å². The Kier molecular flexibility index (Phi) is 5.11. The smallest absolute Gasteiger partial charge is 0.220 e. The van der Waals surface area contributed by atoms with E-state index in [2.05, 4.69) is 30.1 Å². The lowest BCUT2D eigenvalue weighted by molar-refractivity contribution is 0.296. The molecule has 3 heteroatoms. The maximum atomic E-state index is 8.82. The first kappa shape index (κ1) is 14.8. The summed E-state index contributed by atoms with van der Waals surface area (Å²) in [6, 6.07) is 9.38. The van der Waals surface area contributed by atoms with Crippen LogP contribution in [0, 0.1) is 11.3 Å². The molecule has 2 rings (SSSR count). The highest BCUT2D eigenvalue weighted by atomic mass is 16.5. The molecule has 0 atom stereocenters. The molecule has 1 aliphatic heterocycles. The van der Waals surface area contributed by atoms with Gasteiger partial charge in [0.1, 0.15) is 0 Å². The predicted octanol–water partition coefficient (Wildman–Crippen LogP) is 4.13. The average Bonchev–Trinajstić information content (AvgIpc) is 2.53. The molecule has 0 unspecified atom stereocenters. The van der Waals surface area contributed by atoms with E-state index in [0.29, 0.717) is 18.1 Å². The van der Waals surface area contributed by atoms with Gasteiger partial charge in [0.25, 0.3) is 0 Å². The number of rotatable bonds is 3. The number of benzene rings is 1. The van der Waals surface area contributed by atoms with E-state index in [9.17, 15) is 0 Å². The lowest BCUT2D eigenvalue weighted by atomic mass is 10.1. The van der Waals surface area contributed by atoms with Gasteiger partial charge in [-0.05, 0) is 49.8 Å². The molecule has 0 radical (unpaired) electrons. The first-order valence-corrected chi connectivity index (χ1v) is 6.95. The monoisotopic (exact) mass is 278 g/mol. The number of ether oxygens (including phenoxy) is 1. The summed E-state index contributed by atoms with van der Waals surface area (Å²) in [6.45, 7) is 4.67. The molecule has 0 amide bonds. The van der Waals surface area contributed by atoms with Gasteiger partial charge in [-0.25, -0.2) is 4.99 Å². The molecular formula is C18H18N2O. The van der Waals surface area contributed by atoms with E-state index in [0.717, 1.165) is 23.3 Å². The molecule has 21 heavy (non-hydrogen) atoms. The van der Waals surface area contributed by atoms with Gasteiger partial charge in [0, 0.05) is 17.7 Å². The molecule has 0 aliphatic carbocycles. The maximum absolute atomic E-state index is 8.82. The van der Waals surface area contributed by atoms with Crippen LogP contribution in [0.1, 0.15) is 31.4 Å². The summed E-state index contributed by atoms with van der Waals surface area (Å²) in [5.74, 6) is 0.621. The topological polar surface area (TPSA) is 45.4 Å². The van der Waals surface area contributed by atoms with Gasteiger partial charge in [-0.1, -0.05) is 18.2 Å². The largest absolute Gasteiger partial charge is 0.477 e. The minimum absolute atomic E-state index is 0.621. The number of aliphatic imine (C=N–C) groups is 1. The van der Waals surface area contributed by atoms with Crippen LogP contribution >= 0.6 is 0 Å². The van der Waals surface area contributed by atoms with Crippen LogP contribution in [0.5, 0.6) is 0 Å². The second-order valence-electron chi connectivity index (χ2n) is 4.78. The third-order valence-corrected chi connectivity index (χ3v) is 3.05. The predicted molar refractivity (Wildman–Crippen MR) is 84.9 cm³/mol. The quantitative estimate of drug-likeness (QED) is 0.780. The summed E-state index contributed by atoms with van der Waals surface area (Å²) < 4.78 is 5.62. The number of allylic oxidation sites excluding steroid dienone is 5. The van der Waals surface area contributed by atoms with Crippen LogP contribution in [0.3, 0.4) is 0 Å². The van der Waals surface area contributed by atoms with Gasteiger partial charge in [-0.2, -0.15) is 5.26 Å². The zero-order chi connectivity index (χ0) is 15.1. The van der Waals surface area contributed by atoms with Crippen molar-refractivity contribution in [2.45, 2.75) is 20.3 Å². The number of hydrogen-bond donors (Lipinski definition) is 0. The molecule has 106 valence electrons. The van der Waals surface area contributed by atoms with E-state index in [-0.39, 0.29) is 0 Å². The summed E-state index contributed by atoms with van der Waals surface area (Å²) in [4.78, 5) is 4.56. The summed E-state index contributed by atoms with van der Waals surface area (Å²) in [5.41, 5.74) is 3.71. The van der Waals surface area contributed by atoms with Crippen LogP contribution in [0.15, 0.2) is 64.8 Å². The second-order valence-corrected chi connectivity index (χ2v) is 4.78. The van der Waals surface area contributed by atoms with E-state index in [1.165, 1.54) is 0 Å². The van der Waals surface area contributed by atoms with E-state index in [1.807, 2.05) is 31.2 Å². The Labute approximate surface area is 125 Å². The molecule has 0 fully saturated rings. The van der Waals surface area contributed by atoms with Gasteiger partial charge in [0.05, 0.1) is 18.2 Å². The summed E-state index contributed by atoms with van der Waals surface area (Å²) >= 11 is 0. The van der Waals surface area contributed by atoms with Crippen LogP contribution in [-0.2, 0) is 4.74 Å². The number of nitriles is 1. The van der Waals surface area contributed by atoms with Gasteiger partial charge < -0.3 is 4.74 Å². The summed E-state index contributed by atoms with van der Waals surface area (Å²) in [5, 5.41) is 8.82. The first-order valence-electron chi connectivity index (χ1n) is 6.95. The Morgan fingerprint density at radius 1 is 1.33 bits per heavy atom. The molecule has 0 bridgehead atoms. The fraction of sp³-hybridized carbons (Fsp3) is 0.222. The zero-order valence-corrected chi connectivity index (χ0v) is 12.3. The van der Waals surface area contributed by atoms with Crippen molar-refractivity contribution in [1.29, 1.82) is 5.26 Å². The minimum atomic E-state index is 0.621. The van der Waals surface area contributed by atoms with E-state index in [4.69, 9.17) is 10.00 Å². The molecule has 1 heterocycles. The van der Waals surface area contributed by atoms with Gasteiger partial charge in [-0.15, -0.1) is 0 Å². The molecule has 1 aromatic rings. The fourth-order valence-corrected chi connectivity index (χ4v) is 1.97. The van der Waals surface area contributed by atoms with Gasteiger partial charge in [-0.3, -0.25) is 0 Å². The van der Waals surface area contributed by atoms with Crippen molar-refractivity contribution >= 4 is 5.90 Å². The lowest BCUT2D eigenvalue weighted by Crippen LogP contribution is -2.14. The Morgan fingerprint density at radius 3 is 2.76 bits per heavy atom. The highest BCUT2D eigenvalue weighted by Crippen LogP contribution is 2.17. The van der Waals surface area contributed by atoms with E-state index in [1.54, 1.807) is 12.1 Å². The van der Waals surface area contributed by atoms with Gasteiger partial charge >= 0.3 is 0 Å². The Bertz CT molecular complexity index is 655. The average molecular weight is 278 g/mol. The van der Waals surface area contributed by atoms with Crippen LogP contribution < -0.4 is 0 Å². The third-order valence-electron chi connectivity index (χ3n) is 3.05. The molecule has 0 aromatic heterocycles. The van der Waals surface area contributed by atoms with Crippen molar-refractivity contribution in [3.05, 3.63) is 71.0 Å². The standard InChI is InChI=1S/C18H18N2O/c1-3-4-5-14(2)12-17-10-11-21-18(20-17)16-8-6-15(13-19)7-9-16/h3-9,12H,10-11H2,1-2H3/b4-3-,14-5+,17-12+. The summed E-state index contributed by atoms with van der Waals surface area (Å²) in [7, 11) is 0. The summed E-state index contributed by atoms with van der Waals surface area (Å²) in [6.07, 6.45) is 8.95. The van der Waals surface area contributed by atoms with Crippen molar-refractivity contribution < 1.29 is 4.74 Å². The molecule has 0 saturated heterocycles. The third kappa shape index (κ3) is 4.19. The molecule has 3 nitrogen and oxygen atoms in total. The van der Waals surface area contributed by atoms with Crippen molar-refractivity contribution in [3.63, 3.8) is 0 Å². The normalized spacial score (nSPS) is 17.5. The molecule has 0 saturated carbocycles. The van der Waals surface area contributed by atoms with Crippen molar-refractivity contribution in [2.75, 3.05) is 6.61 Å². The van der Waals surface area contributed by atoms with Crippen LogP contribution in [-0.4, -0.2) is 12.5 Å². The molecule has 0 spiro atoms. The molecule has 0 N–H and O–H groups in total. The van der Waals surface area contributed by atoms with E-state index >= 15 is 0 Å². The van der Waals surface area contributed by atoms with Crippen LogP contribution in [0.25, 0.3) is 0 Å². The molecule has 1 aromatic carbocycles. The SMILES string of the molecule is C\C=C/C=C(C)/C=C1\CCOC(c2ccc(C#N)cc2)=N1. The Hall–Kier alpha value is -2.60. The fourth-order valence-electron chi connectivity index (χ4n) is 1.97. The second kappa shape index (κ2) is 7.25. The molecular weight excluding hydrogens is 260 g/mol. The van der Waals surface area contributed by atoms with Gasteiger partial charge in [0.15, 0.2) is 0 Å². The lowest BCUT2D eigenvalue weighted by Gasteiger charge is -2.16. The number of hydrogen-bond acceptors (Lipinski definition) is 3. The van der Waals surface area contributed by atoms with Crippen molar-refractivity contribution in [2.24, 2.45) is 4.99 Å². The number of nitrogens with zero attached hydrogens (tertiary/aromatic N) is 2. The highest BCUT2D eigenvalue weighted by Gasteiger charge is 2.12. The first-order chi connectivity index (χ1) is 10.2. The van der Waals surface area contributed by atoms with Crippen LogP contribution in [0.4, 0.5) is 0 Å².